The van der Waals surface area contributed by atoms with E-state index in [2.05, 4.69) is 178 Å². The van der Waals surface area contributed by atoms with Crippen LogP contribution in [0.3, 0.4) is 0 Å². The van der Waals surface area contributed by atoms with Crippen LogP contribution in [-0.2, 0) is 10.8 Å². The topological polar surface area (TPSA) is 55.4 Å². The van der Waals surface area contributed by atoms with Crippen LogP contribution in [0.4, 0.5) is 0 Å². The number of hydrogen-bond acceptors (Lipinski definition) is 7. The Bertz CT molecular complexity index is 3380. The largest absolute Gasteiger partial charge is 0.530 e. The zero-order valence-corrected chi connectivity index (χ0v) is 53.0. The molecule has 0 N–H and O–H groups in total. The molecule has 6 nitrogen and oxygen atoms in total. The van der Waals surface area contributed by atoms with Crippen molar-refractivity contribution in [3.05, 3.63) is 266 Å². The van der Waals surface area contributed by atoms with E-state index < -0.39 is 17.2 Å². The van der Waals surface area contributed by atoms with Gasteiger partial charge in [0.25, 0.3) is 0 Å². The van der Waals surface area contributed by atoms with Gasteiger partial charge in [-0.1, -0.05) is 287 Å². The highest BCUT2D eigenvalue weighted by Gasteiger charge is 2.33. The molecule has 0 radical (unpaired) electrons. The minimum Gasteiger partial charge on any atom is -0.408 e. The average molecular weight is 1180 g/mol. The van der Waals surface area contributed by atoms with E-state index >= 15 is 0 Å². The maximum atomic E-state index is 7.34. The summed E-state index contributed by atoms with van der Waals surface area (Å²) in [6.07, 6.45) is 1.88. The van der Waals surface area contributed by atoms with Gasteiger partial charge in [-0.2, -0.15) is 0 Å². The van der Waals surface area contributed by atoms with Gasteiger partial charge in [0.05, 0.1) is 9.79 Å². The summed E-state index contributed by atoms with van der Waals surface area (Å²) in [4.78, 5) is 1.72. The molecule has 0 bridgehead atoms. The van der Waals surface area contributed by atoms with Crippen molar-refractivity contribution in [3.8, 4) is 79.0 Å². The monoisotopic (exact) mass is 1180 g/mol. The molecule has 0 aliphatic rings. The van der Waals surface area contributed by atoms with Gasteiger partial charge in [0.1, 0.15) is 34.5 Å². The maximum Gasteiger partial charge on any atom is 0.530 e. The molecule has 432 valence electrons. The summed E-state index contributed by atoms with van der Waals surface area (Å²) < 4.78 is 43.1. The van der Waals surface area contributed by atoms with Gasteiger partial charge in [0.2, 0.25) is 0 Å². The minimum absolute atomic E-state index is 0.0453. The molecule has 9 heteroatoms. The molecular weight excluding hydrogens is 1100 g/mol. The van der Waals surface area contributed by atoms with Crippen molar-refractivity contribution in [2.75, 3.05) is 0 Å². The van der Waals surface area contributed by atoms with Crippen molar-refractivity contribution < 1.29 is 27.1 Å². The first-order valence-corrected chi connectivity index (χ1v) is 32.1. The van der Waals surface area contributed by atoms with Crippen molar-refractivity contribution in [1.29, 1.82) is 0 Å². The van der Waals surface area contributed by atoms with Crippen LogP contribution in [0.1, 0.15) is 93.2 Å². The summed E-state index contributed by atoms with van der Waals surface area (Å²) in [5.74, 6) is 3.72. The van der Waals surface area contributed by atoms with E-state index in [4.69, 9.17) is 27.1 Å². The number of rotatable bonds is 22. The van der Waals surface area contributed by atoms with Gasteiger partial charge in [-0.25, -0.2) is 0 Å². The van der Waals surface area contributed by atoms with E-state index in [1.54, 1.807) is 11.8 Å². The SMILES string of the molecule is CC(C)(C)CC(C)(C)c1ccc(OP(Oc2ccccc2-c2ccccc2)Oc2ccccc2-c2ccccc2)c(Sc2cc(C(C)(C)CC(C)(C)C)ccc2OP(Oc2ccccc2-c2ccccc2)Oc2ccccc2-c2ccccc2)c1. The zero-order valence-electron chi connectivity index (χ0n) is 50.4. The lowest BCUT2D eigenvalue weighted by Gasteiger charge is -2.34. The Morgan fingerprint density at radius 2 is 0.506 bits per heavy atom. The third-order valence-electron chi connectivity index (χ3n) is 14.5. The quantitative estimate of drug-likeness (QED) is 0.0627. The molecule has 0 spiro atoms. The Hall–Kier alpha value is -7.79. The average Bonchev–Trinajstić information content (AvgIpc) is 2.96. The Morgan fingerprint density at radius 3 is 0.765 bits per heavy atom. The summed E-state index contributed by atoms with van der Waals surface area (Å²) >= 11 is 1.60. The Labute approximate surface area is 511 Å². The molecule has 10 aromatic carbocycles. The molecule has 0 aliphatic heterocycles. The maximum absolute atomic E-state index is 7.34. The number of para-hydroxylation sites is 4. The first-order valence-electron chi connectivity index (χ1n) is 29.1. The van der Waals surface area contributed by atoms with Crippen LogP contribution in [-0.4, -0.2) is 0 Å². The van der Waals surface area contributed by atoms with E-state index in [1.165, 1.54) is 11.1 Å². The summed E-state index contributed by atoms with van der Waals surface area (Å²) in [6, 6.07) is 86.5. The second-order valence-corrected chi connectivity index (χ2v) is 28.2. The summed E-state index contributed by atoms with van der Waals surface area (Å²) in [7, 11) is -4.40. The van der Waals surface area contributed by atoms with Crippen LogP contribution in [0.2, 0.25) is 0 Å². The predicted octanol–water partition coefficient (Wildman–Crippen LogP) is 23.5. The molecule has 0 atom stereocenters. The summed E-state index contributed by atoms with van der Waals surface area (Å²) in [6.45, 7) is 23.1. The molecule has 0 aromatic heterocycles. The van der Waals surface area contributed by atoms with Crippen molar-refractivity contribution in [3.63, 3.8) is 0 Å². The Balaban J connectivity index is 1.12. The van der Waals surface area contributed by atoms with Gasteiger partial charge < -0.3 is 27.1 Å². The highest BCUT2D eigenvalue weighted by atomic mass is 32.2. The lowest BCUT2D eigenvalue weighted by molar-refractivity contribution is 0.283. The zero-order chi connectivity index (χ0) is 59.6. The lowest BCUT2D eigenvalue weighted by Crippen LogP contribution is -2.25. The van der Waals surface area contributed by atoms with E-state index in [-0.39, 0.29) is 21.7 Å². The summed E-state index contributed by atoms with van der Waals surface area (Å²) in [5, 5.41) is 0. The fourth-order valence-electron chi connectivity index (χ4n) is 11.3. The van der Waals surface area contributed by atoms with E-state index in [0.29, 0.717) is 34.5 Å². The first kappa shape index (κ1) is 60.3. The highest BCUT2D eigenvalue weighted by Crippen LogP contribution is 2.55. The normalized spacial score (nSPS) is 12.0. The third-order valence-corrected chi connectivity index (χ3v) is 17.7. The fourth-order valence-corrected chi connectivity index (χ4v) is 14.6. The molecule has 10 aromatic rings. The van der Waals surface area contributed by atoms with Crippen LogP contribution in [0.15, 0.2) is 265 Å². The number of hydrogen-bond donors (Lipinski definition) is 0. The second-order valence-electron chi connectivity index (χ2n) is 25.1. The van der Waals surface area contributed by atoms with E-state index in [1.807, 2.05) is 146 Å². The second kappa shape index (κ2) is 26.6. The van der Waals surface area contributed by atoms with E-state index in [0.717, 1.165) is 67.1 Å². The smallest absolute Gasteiger partial charge is 0.408 e. The molecule has 0 saturated carbocycles. The lowest BCUT2D eigenvalue weighted by atomic mass is 9.72. The van der Waals surface area contributed by atoms with Crippen LogP contribution in [0.5, 0.6) is 34.5 Å². The van der Waals surface area contributed by atoms with Crippen molar-refractivity contribution >= 4 is 29.0 Å². The first-order chi connectivity index (χ1) is 40.8. The van der Waals surface area contributed by atoms with Gasteiger partial charge in [-0.3, -0.25) is 0 Å². The Kier molecular flexibility index (Phi) is 18.9. The van der Waals surface area contributed by atoms with Crippen molar-refractivity contribution in [1.82, 2.24) is 0 Å². The van der Waals surface area contributed by atoms with Crippen LogP contribution < -0.4 is 27.1 Å². The van der Waals surface area contributed by atoms with E-state index in [9.17, 15) is 0 Å². The van der Waals surface area contributed by atoms with Crippen LogP contribution in [0.25, 0.3) is 44.5 Å². The van der Waals surface area contributed by atoms with Gasteiger partial charge >= 0.3 is 17.2 Å². The molecule has 0 saturated heterocycles. The molecule has 0 amide bonds. The van der Waals surface area contributed by atoms with Crippen molar-refractivity contribution in [2.24, 2.45) is 10.8 Å². The van der Waals surface area contributed by atoms with Gasteiger partial charge in [-0.15, -0.1) is 0 Å². The molecule has 0 unspecified atom stereocenters. The molecule has 0 aliphatic carbocycles. The molecule has 0 heterocycles. The highest BCUT2D eigenvalue weighted by molar-refractivity contribution is 7.99. The Morgan fingerprint density at radius 1 is 0.271 bits per heavy atom. The summed E-state index contributed by atoms with van der Waals surface area (Å²) in [5.41, 5.74) is 9.72. The minimum atomic E-state index is -2.20. The van der Waals surface area contributed by atoms with Gasteiger partial charge in [0.15, 0.2) is 0 Å². The van der Waals surface area contributed by atoms with Crippen LogP contribution in [0, 0.1) is 10.8 Å². The van der Waals surface area contributed by atoms with Gasteiger partial charge in [-0.05, 0) is 116 Å². The fraction of sp³-hybridized carbons (Fsp3) is 0.211. The molecular formula is C76H76O6P2S. The van der Waals surface area contributed by atoms with Crippen LogP contribution >= 0.6 is 29.0 Å². The van der Waals surface area contributed by atoms with Crippen molar-refractivity contribution in [2.45, 2.75) is 103 Å². The molecule has 0 fully saturated rings. The molecule has 10 rings (SSSR count). The standard InChI is InChI=1S/C76H76O6P2S/c1-73(2,3)53-75(7,8)59-47-49-69(81-83(77-65-43-27-23-39-61(65)55-31-15-11-16-32-55)78-66-44-28-24-40-62(66)56-33-17-12-18-34-56)71(51-59)85-72-52-60(76(9,10)54-74(4,5)6)48-50-70(72)82-84(79-67-45-29-25-41-63(67)57-35-19-13-20-36-57)80-68-46-30-26-42-64(68)58-37-21-14-22-38-58/h11-52H,53-54H2,1-10H3. The third kappa shape index (κ3) is 16.0. The number of benzene rings is 10. The molecule has 85 heavy (non-hydrogen) atoms. The predicted molar refractivity (Wildman–Crippen MR) is 356 cm³/mol. The van der Waals surface area contributed by atoms with Gasteiger partial charge in [0, 0.05) is 22.3 Å².